The first-order valence-electron chi connectivity index (χ1n) is 8.41. The number of ether oxygens (including phenoxy) is 1. The molecule has 3 rings (SSSR count). The number of thioether (sulfide) groups is 1. The highest BCUT2D eigenvalue weighted by Crippen LogP contribution is 2.31. The average Bonchev–Trinajstić information content (AvgIpc) is 3.14. The summed E-state index contributed by atoms with van der Waals surface area (Å²) in [5.41, 5.74) is 1.10. The first-order chi connectivity index (χ1) is 13.9. The van der Waals surface area contributed by atoms with E-state index in [2.05, 4.69) is 20.8 Å². The molecule has 2 aromatic carbocycles. The highest BCUT2D eigenvalue weighted by atomic mass is 32.2. The first-order valence-corrected chi connectivity index (χ1v) is 10.1. The van der Waals surface area contributed by atoms with Crippen LogP contribution < -0.4 is 15.4 Å². The van der Waals surface area contributed by atoms with Gasteiger partial charge in [-0.3, -0.25) is 14.9 Å². The average molecular weight is 431 g/mol. The van der Waals surface area contributed by atoms with Gasteiger partial charge in [-0.2, -0.15) is 0 Å². The number of hydrogen-bond donors (Lipinski definition) is 2. The highest BCUT2D eigenvalue weighted by molar-refractivity contribution is 8.02. The van der Waals surface area contributed by atoms with Crippen LogP contribution in [0.25, 0.3) is 0 Å². The Hall–Kier alpha value is -3.18. The van der Waals surface area contributed by atoms with Crippen molar-refractivity contribution >= 4 is 51.2 Å². The van der Waals surface area contributed by atoms with Crippen LogP contribution in [-0.2, 0) is 4.79 Å². The van der Waals surface area contributed by atoms with E-state index in [-0.39, 0.29) is 11.6 Å². The minimum absolute atomic E-state index is 0.0829. The maximum atomic E-state index is 12.4. The van der Waals surface area contributed by atoms with Gasteiger partial charge in [0.05, 0.1) is 17.3 Å². The molecular weight excluding hydrogens is 414 g/mol. The topological polar surface area (TPSA) is 119 Å². The molecule has 1 aromatic heterocycles. The number of non-ortho nitro benzene ring substituents is 1. The van der Waals surface area contributed by atoms with Crippen molar-refractivity contribution in [3.63, 3.8) is 0 Å². The molecule has 150 valence electrons. The Kier molecular flexibility index (Phi) is 6.62. The number of aromatic nitrogens is 2. The lowest BCUT2D eigenvalue weighted by Gasteiger charge is -2.10. The molecule has 0 aliphatic carbocycles. The molecule has 0 saturated carbocycles. The summed E-state index contributed by atoms with van der Waals surface area (Å²) in [6.45, 7) is 1.73. The summed E-state index contributed by atoms with van der Waals surface area (Å²) in [4.78, 5) is 22.7. The molecule has 2 N–H and O–H groups in total. The quantitative estimate of drug-likeness (QED) is 0.307. The van der Waals surface area contributed by atoms with Crippen molar-refractivity contribution in [1.29, 1.82) is 0 Å². The Morgan fingerprint density at radius 2 is 1.97 bits per heavy atom. The number of rotatable bonds is 8. The summed E-state index contributed by atoms with van der Waals surface area (Å²) in [6.07, 6.45) is 0. The van der Waals surface area contributed by atoms with Gasteiger partial charge < -0.3 is 15.4 Å². The zero-order valence-corrected chi connectivity index (χ0v) is 17.1. The lowest BCUT2D eigenvalue weighted by atomic mass is 10.2. The van der Waals surface area contributed by atoms with Crippen molar-refractivity contribution in [2.24, 2.45) is 0 Å². The predicted molar refractivity (Wildman–Crippen MR) is 113 cm³/mol. The van der Waals surface area contributed by atoms with Crippen molar-refractivity contribution in [2.45, 2.75) is 16.5 Å². The van der Waals surface area contributed by atoms with Gasteiger partial charge in [-0.1, -0.05) is 35.2 Å². The second-order valence-corrected chi connectivity index (χ2v) is 8.35. The van der Waals surface area contributed by atoms with E-state index in [4.69, 9.17) is 4.74 Å². The normalized spacial score (nSPS) is 11.5. The summed E-state index contributed by atoms with van der Waals surface area (Å²) in [5.74, 6) is 0.438. The minimum atomic E-state index is -0.508. The molecule has 3 aromatic rings. The molecule has 1 amide bonds. The van der Waals surface area contributed by atoms with Crippen molar-refractivity contribution in [2.75, 3.05) is 17.7 Å². The molecule has 0 aliphatic rings. The molecule has 0 saturated heterocycles. The summed E-state index contributed by atoms with van der Waals surface area (Å²) >= 11 is 2.57. The zero-order valence-electron chi connectivity index (χ0n) is 15.5. The first kappa shape index (κ1) is 20.6. The van der Waals surface area contributed by atoms with Gasteiger partial charge in [0.2, 0.25) is 11.0 Å². The van der Waals surface area contributed by atoms with E-state index in [0.717, 1.165) is 11.4 Å². The van der Waals surface area contributed by atoms with E-state index in [1.54, 1.807) is 20.1 Å². The summed E-state index contributed by atoms with van der Waals surface area (Å²) < 4.78 is 5.81. The van der Waals surface area contributed by atoms with E-state index < -0.39 is 10.2 Å². The van der Waals surface area contributed by atoms with E-state index in [1.807, 2.05) is 24.3 Å². The van der Waals surface area contributed by atoms with Crippen LogP contribution in [0, 0.1) is 10.1 Å². The third kappa shape index (κ3) is 5.65. The Bertz CT molecular complexity index is 1030. The standard InChI is InChI=1S/C18H17N5O4S2/c1-11(16(24)19-12-5-3-7-14(9-12)23(25)26)28-18-22-21-17(29-18)20-13-6-4-8-15(10-13)27-2/h3-11H,1-2H3,(H,19,24)(H,20,21)/t11-/m0/s1. The minimum Gasteiger partial charge on any atom is -0.497 e. The molecule has 0 unspecified atom stereocenters. The number of nitro benzene ring substituents is 1. The number of nitrogens with zero attached hydrogens (tertiary/aromatic N) is 3. The summed E-state index contributed by atoms with van der Waals surface area (Å²) in [5, 5.41) is 25.0. The number of nitro groups is 1. The molecule has 29 heavy (non-hydrogen) atoms. The molecule has 0 bridgehead atoms. The smallest absolute Gasteiger partial charge is 0.271 e. The lowest BCUT2D eigenvalue weighted by Crippen LogP contribution is -2.22. The monoisotopic (exact) mass is 431 g/mol. The Balaban J connectivity index is 1.59. The van der Waals surface area contributed by atoms with E-state index in [1.165, 1.54) is 41.3 Å². The third-order valence-corrected chi connectivity index (χ3v) is 5.72. The van der Waals surface area contributed by atoms with Crippen LogP contribution >= 0.6 is 23.1 Å². The molecule has 9 nitrogen and oxygen atoms in total. The highest BCUT2D eigenvalue weighted by Gasteiger charge is 2.18. The maximum absolute atomic E-state index is 12.4. The van der Waals surface area contributed by atoms with Crippen LogP contribution in [0.5, 0.6) is 5.75 Å². The van der Waals surface area contributed by atoms with Crippen LogP contribution in [0.15, 0.2) is 52.9 Å². The molecule has 0 fully saturated rings. The van der Waals surface area contributed by atoms with Gasteiger partial charge in [-0.25, -0.2) is 0 Å². The van der Waals surface area contributed by atoms with Crippen LogP contribution in [0.4, 0.5) is 22.2 Å². The summed E-state index contributed by atoms with van der Waals surface area (Å²) in [6, 6.07) is 13.2. The van der Waals surface area contributed by atoms with Gasteiger partial charge in [0.15, 0.2) is 4.34 Å². The molecule has 1 heterocycles. The number of benzene rings is 2. The number of carbonyl (C=O) groups is 1. The molecule has 1 atom stereocenters. The van der Waals surface area contributed by atoms with Crippen LogP contribution in [-0.4, -0.2) is 33.4 Å². The fourth-order valence-corrected chi connectivity index (χ4v) is 4.19. The molecule has 11 heteroatoms. The number of hydrogen-bond acceptors (Lipinski definition) is 9. The Labute approximate surface area is 174 Å². The van der Waals surface area contributed by atoms with E-state index >= 15 is 0 Å². The number of amides is 1. The van der Waals surface area contributed by atoms with Crippen LogP contribution in [0.2, 0.25) is 0 Å². The van der Waals surface area contributed by atoms with Gasteiger partial charge in [-0.05, 0) is 25.1 Å². The zero-order chi connectivity index (χ0) is 20.8. The fourth-order valence-electron chi connectivity index (χ4n) is 2.28. The number of methoxy groups -OCH3 is 1. The van der Waals surface area contributed by atoms with Gasteiger partial charge in [0, 0.05) is 29.6 Å². The Morgan fingerprint density at radius 3 is 2.72 bits per heavy atom. The van der Waals surface area contributed by atoms with Crippen molar-refractivity contribution < 1.29 is 14.5 Å². The number of carbonyl (C=O) groups excluding carboxylic acids is 1. The largest absolute Gasteiger partial charge is 0.497 e. The molecule has 0 radical (unpaired) electrons. The van der Waals surface area contributed by atoms with Gasteiger partial charge in [-0.15, -0.1) is 10.2 Å². The van der Waals surface area contributed by atoms with Crippen LogP contribution in [0.1, 0.15) is 6.92 Å². The Morgan fingerprint density at radius 1 is 1.21 bits per heavy atom. The van der Waals surface area contributed by atoms with Gasteiger partial charge >= 0.3 is 0 Å². The van der Waals surface area contributed by atoms with Crippen molar-refractivity contribution in [1.82, 2.24) is 10.2 Å². The number of nitrogens with one attached hydrogen (secondary N) is 2. The lowest BCUT2D eigenvalue weighted by molar-refractivity contribution is -0.384. The maximum Gasteiger partial charge on any atom is 0.271 e. The second kappa shape index (κ2) is 9.34. The second-order valence-electron chi connectivity index (χ2n) is 5.79. The molecule has 0 spiro atoms. The fraction of sp³-hybridized carbons (Fsp3) is 0.167. The summed E-state index contributed by atoms with van der Waals surface area (Å²) in [7, 11) is 1.60. The SMILES string of the molecule is COc1cccc(Nc2nnc(S[C@@H](C)C(=O)Nc3cccc([N+](=O)[O-])c3)s2)c1. The third-order valence-electron chi connectivity index (χ3n) is 3.70. The van der Waals surface area contributed by atoms with Crippen molar-refractivity contribution in [3.8, 4) is 5.75 Å². The molecular formula is C18H17N5O4S2. The molecule has 0 aliphatic heterocycles. The predicted octanol–water partition coefficient (Wildman–Crippen LogP) is 4.32. The number of anilines is 3. The van der Waals surface area contributed by atoms with Crippen LogP contribution in [0.3, 0.4) is 0 Å². The van der Waals surface area contributed by atoms with Gasteiger partial charge in [0.1, 0.15) is 5.75 Å². The van der Waals surface area contributed by atoms with Gasteiger partial charge in [0.25, 0.3) is 5.69 Å². The van der Waals surface area contributed by atoms with Crippen molar-refractivity contribution in [3.05, 3.63) is 58.6 Å². The van der Waals surface area contributed by atoms with E-state index in [9.17, 15) is 14.9 Å². The van der Waals surface area contributed by atoms with E-state index in [0.29, 0.717) is 15.2 Å².